The number of imidazole rings is 1. The highest BCUT2D eigenvalue weighted by molar-refractivity contribution is 6.34. The quantitative estimate of drug-likeness (QED) is 0.350. The molecule has 1 amide bonds. The summed E-state index contributed by atoms with van der Waals surface area (Å²) in [5.41, 5.74) is 5.72. The average Bonchev–Trinajstić information content (AvgIpc) is 3.58. The number of ether oxygens (including phenoxy) is 1. The summed E-state index contributed by atoms with van der Waals surface area (Å²) in [6.07, 6.45) is 6.93. The molecule has 43 heavy (non-hydrogen) atoms. The van der Waals surface area contributed by atoms with E-state index in [1.165, 1.54) is 18.5 Å². The SMILES string of the molecule is CC(C)n1cnc2cc(-c3ccc4c(c3)N(C3CC(N5CCC(C)(C)C5)C3)C(=O)C43CCN(C4COC4)CC3)nc(Cl)c21. The first-order valence-electron chi connectivity index (χ1n) is 16.2. The van der Waals surface area contributed by atoms with E-state index in [1.807, 2.05) is 12.4 Å². The molecule has 0 bridgehead atoms. The van der Waals surface area contributed by atoms with Gasteiger partial charge in [-0.3, -0.25) is 14.6 Å². The van der Waals surface area contributed by atoms with Crippen molar-refractivity contribution in [3.63, 3.8) is 0 Å². The Balaban J connectivity index is 1.14. The summed E-state index contributed by atoms with van der Waals surface area (Å²) in [4.78, 5) is 31.5. The maximum absolute atomic E-state index is 14.6. The Hall–Kier alpha value is -2.52. The van der Waals surface area contributed by atoms with Gasteiger partial charge in [0.05, 0.1) is 42.2 Å². The lowest BCUT2D eigenvalue weighted by atomic mass is 9.73. The van der Waals surface area contributed by atoms with Gasteiger partial charge in [0.1, 0.15) is 5.52 Å². The van der Waals surface area contributed by atoms with Gasteiger partial charge in [-0.15, -0.1) is 0 Å². The van der Waals surface area contributed by atoms with E-state index in [0.29, 0.717) is 28.6 Å². The molecular weight excluding hydrogens is 560 g/mol. The molecule has 0 radical (unpaired) electrons. The number of anilines is 1. The maximum Gasteiger partial charge on any atom is 0.238 e. The van der Waals surface area contributed by atoms with Crippen molar-refractivity contribution in [2.45, 2.75) is 89.4 Å². The lowest BCUT2D eigenvalue weighted by Gasteiger charge is -2.47. The number of amides is 1. The Kier molecular flexibility index (Phi) is 6.51. The molecule has 228 valence electrons. The minimum atomic E-state index is -0.444. The van der Waals surface area contributed by atoms with Crippen molar-refractivity contribution in [1.29, 1.82) is 0 Å². The number of benzene rings is 1. The molecule has 0 atom stereocenters. The van der Waals surface area contributed by atoms with Crippen LogP contribution in [0.15, 0.2) is 30.6 Å². The molecule has 6 heterocycles. The van der Waals surface area contributed by atoms with E-state index >= 15 is 0 Å². The van der Waals surface area contributed by atoms with E-state index in [2.05, 4.69) is 70.1 Å². The standard InChI is InChI=1S/C34H43ClN6O2/c1-21(2)40-20-36-28-16-27(37-31(35)30(28)40)22-5-6-26-29(13-22)41(24-14-23(15-24)39-10-7-33(3,4)19-39)32(42)34(26)8-11-38(12-9-34)25-17-43-18-25/h5-6,13,16,20-21,23-25H,7-12,14-15,17-19H2,1-4H3. The Labute approximate surface area is 259 Å². The number of likely N-dealkylation sites (tertiary alicyclic amines) is 2. The van der Waals surface area contributed by atoms with Crippen LogP contribution in [0.3, 0.4) is 0 Å². The number of halogens is 1. The lowest BCUT2D eigenvalue weighted by Crippen LogP contribution is -2.59. The fraction of sp³-hybridized carbons (Fsp3) is 0.618. The van der Waals surface area contributed by atoms with E-state index in [1.54, 1.807) is 0 Å². The molecule has 8 nitrogen and oxygen atoms in total. The monoisotopic (exact) mass is 602 g/mol. The van der Waals surface area contributed by atoms with E-state index in [0.717, 1.165) is 86.5 Å². The normalized spacial score (nSPS) is 27.3. The van der Waals surface area contributed by atoms with Crippen molar-refractivity contribution in [1.82, 2.24) is 24.3 Å². The van der Waals surface area contributed by atoms with Crippen molar-refractivity contribution in [2.24, 2.45) is 5.41 Å². The molecule has 9 heteroatoms. The third-order valence-corrected chi connectivity index (χ3v) is 11.5. The third-order valence-electron chi connectivity index (χ3n) is 11.2. The van der Waals surface area contributed by atoms with Crippen LogP contribution >= 0.6 is 11.6 Å². The van der Waals surface area contributed by atoms with Gasteiger partial charge in [-0.25, -0.2) is 9.97 Å². The summed E-state index contributed by atoms with van der Waals surface area (Å²) in [7, 11) is 0. The molecule has 1 saturated carbocycles. The lowest BCUT2D eigenvalue weighted by molar-refractivity contribution is -0.128. The first kappa shape index (κ1) is 28.0. The van der Waals surface area contributed by atoms with Crippen LogP contribution in [0.4, 0.5) is 5.69 Å². The molecule has 0 unspecified atom stereocenters. The van der Waals surface area contributed by atoms with Crippen LogP contribution < -0.4 is 4.90 Å². The van der Waals surface area contributed by atoms with Gasteiger partial charge in [-0.05, 0) is 88.7 Å². The Bertz CT molecular complexity index is 1580. The first-order chi connectivity index (χ1) is 20.6. The van der Waals surface area contributed by atoms with Crippen LogP contribution in [-0.2, 0) is 14.9 Å². The second kappa shape index (κ2) is 9.99. The molecule has 8 rings (SSSR count). The molecule has 1 spiro atoms. The van der Waals surface area contributed by atoms with Gasteiger partial charge in [0.25, 0.3) is 0 Å². The topological polar surface area (TPSA) is 66.7 Å². The highest BCUT2D eigenvalue weighted by Crippen LogP contribution is 2.52. The fourth-order valence-electron chi connectivity index (χ4n) is 8.39. The van der Waals surface area contributed by atoms with Gasteiger partial charge < -0.3 is 14.2 Å². The highest BCUT2D eigenvalue weighted by atomic mass is 35.5. The van der Waals surface area contributed by atoms with Gasteiger partial charge in [0.2, 0.25) is 5.91 Å². The zero-order chi connectivity index (χ0) is 29.7. The van der Waals surface area contributed by atoms with Gasteiger partial charge in [0.15, 0.2) is 5.15 Å². The van der Waals surface area contributed by atoms with Gasteiger partial charge in [-0.2, -0.15) is 0 Å². The zero-order valence-electron chi connectivity index (χ0n) is 25.9. The van der Waals surface area contributed by atoms with E-state index < -0.39 is 5.41 Å². The number of aromatic nitrogens is 3. The van der Waals surface area contributed by atoms with Crippen molar-refractivity contribution >= 4 is 34.2 Å². The molecule has 3 aromatic rings. The van der Waals surface area contributed by atoms with Gasteiger partial charge >= 0.3 is 0 Å². The average molecular weight is 603 g/mol. The number of nitrogens with zero attached hydrogens (tertiary/aromatic N) is 6. The minimum absolute atomic E-state index is 0.243. The van der Waals surface area contributed by atoms with Crippen LogP contribution in [0, 0.1) is 5.41 Å². The molecule has 0 N–H and O–H groups in total. The second-order valence-corrected chi connectivity index (χ2v) is 15.1. The summed E-state index contributed by atoms with van der Waals surface area (Å²) in [5.74, 6) is 0.312. The Morgan fingerprint density at radius 3 is 2.37 bits per heavy atom. The summed E-state index contributed by atoms with van der Waals surface area (Å²) in [6, 6.07) is 10.2. The summed E-state index contributed by atoms with van der Waals surface area (Å²) in [5, 5.41) is 0.464. The Morgan fingerprint density at radius 1 is 0.977 bits per heavy atom. The van der Waals surface area contributed by atoms with Crippen molar-refractivity contribution in [3.8, 4) is 11.3 Å². The summed E-state index contributed by atoms with van der Waals surface area (Å²) < 4.78 is 7.55. The first-order valence-corrected chi connectivity index (χ1v) is 16.6. The number of carbonyl (C=O) groups is 1. The molecule has 2 aromatic heterocycles. The van der Waals surface area contributed by atoms with Crippen LogP contribution in [-0.4, -0.2) is 87.8 Å². The summed E-state index contributed by atoms with van der Waals surface area (Å²) in [6.45, 7) is 14.8. The number of rotatable bonds is 5. The number of piperidine rings is 1. The van der Waals surface area contributed by atoms with Gasteiger partial charge in [0, 0.05) is 35.9 Å². The van der Waals surface area contributed by atoms with E-state index in [4.69, 9.17) is 21.3 Å². The van der Waals surface area contributed by atoms with E-state index in [9.17, 15) is 4.79 Å². The molecular formula is C34H43ClN6O2. The predicted molar refractivity (Wildman–Crippen MR) is 170 cm³/mol. The molecule has 5 aliphatic rings. The third kappa shape index (κ3) is 4.38. The number of fused-ring (bicyclic) bond motifs is 3. The molecule has 3 saturated heterocycles. The molecule has 1 aromatic carbocycles. The Morgan fingerprint density at radius 2 is 1.72 bits per heavy atom. The largest absolute Gasteiger partial charge is 0.378 e. The predicted octanol–water partition coefficient (Wildman–Crippen LogP) is 5.67. The minimum Gasteiger partial charge on any atom is -0.378 e. The fourth-order valence-corrected chi connectivity index (χ4v) is 8.67. The van der Waals surface area contributed by atoms with Crippen LogP contribution in [0.1, 0.15) is 71.4 Å². The van der Waals surface area contributed by atoms with Crippen LogP contribution in [0.25, 0.3) is 22.3 Å². The van der Waals surface area contributed by atoms with E-state index in [-0.39, 0.29) is 12.1 Å². The number of hydrogen-bond acceptors (Lipinski definition) is 6. The van der Waals surface area contributed by atoms with Crippen molar-refractivity contribution in [2.75, 3.05) is 44.3 Å². The summed E-state index contributed by atoms with van der Waals surface area (Å²) >= 11 is 6.77. The van der Waals surface area contributed by atoms with Gasteiger partial charge in [-0.1, -0.05) is 37.6 Å². The highest BCUT2D eigenvalue weighted by Gasteiger charge is 2.56. The van der Waals surface area contributed by atoms with Crippen molar-refractivity contribution < 1.29 is 9.53 Å². The van der Waals surface area contributed by atoms with Crippen LogP contribution in [0.2, 0.25) is 5.15 Å². The molecule has 4 aliphatic heterocycles. The smallest absolute Gasteiger partial charge is 0.238 e. The zero-order valence-corrected chi connectivity index (χ0v) is 26.6. The molecule has 4 fully saturated rings. The maximum atomic E-state index is 14.6. The number of hydrogen-bond donors (Lipinski definition) is 0. The van der Waals surface area contributed by atoms with Crippen LogP contribution in [0.5, 0.6) is 0 Å². The molecule has 1 aliphatic carbocycles. The number of carbonyl (C=O) groups excluding carboxylic acids is 1. The van der Waals surface area contributed by atoms with Crippen molar-refractivity contribution in [3.05, 3.63) is 41.3 Å². The second-order valence-electron chi connectivity index (χ2n) is 14.8. The number of pyridine rings is 1.